The number of carbonyl (C=O) groups excluding carboxylic acids is 1. The Morgan fingerprint density at radius 2 is 1.57 bits per heavy atom. The van der Waals surface area contributed by atoms with E-state index in [1.54, 1.807) is 12.1 Å². The molecule has 1 heterocycles. The smallest absolute Gasteiger partial charge is 0.322 e. The number of hydrogen-bond acceptors (Lipinski definition) is 6. The van der Waals surface area contributed by atoms with Crippen LogP contribution >= 0.6 is 0 Å². The molecule has 1 amide bonds. The second-order valence-electron chi connectivity index (χ2n) is 6.59. The van der Waals surface area contributed by atoms with Crippen molar-refractivity contribution in [1.82, 2.24) is 10.2 Å². The minimum absolute atomic E-state index is 0.0418. The molecule has 28 heavy (non-hydrogen) atoms. The van der Waals surface area contributed by atoms with Gasteiger partial charge in [-0.15, -0.1) is 5.10 Å². The van der Waals surface area contributed by atoms with Crippen LogP contribution in [-0.2, 0) is 21.1 Å². The van der Waals surface area contributed by atoms with Crippen molar-refractivity contribution in [2.24, 2.45) is 0 Å². The third-order valence-electron chi connectivity index (χ3n) is 4.17. The molecule has 0 spiro atoms. The van der Waals surface area contributed by atoms with Gasteiger partial charge in [0.25, 0.3) is 0 Å². The monoisotopic (exact) mass is 399 g/mol. The maximum absolute atomic E-state index is 12.3. The van der Waals surface area contributed by atoms with Crippen LogP contribution in [0.25, 0.3) is 0 Å². The van der Waals surface area contributed by atoms with Gasteiger partial charge in [0, 0.05) is 6.42 Å². The molecule has 0 bridgehead atoms. The molecule has 0 saturated heterocycles. The van der Waals surface area contributed by atoms with Gasteiger partial charge in [0.05, 0.1) is 17.1 Å². The van der Waals surface area contributed by atoms with E-state index in [2.05, 4.69) is 15.5 Å². The van der Waals surface area contributed by atoms with Crippen molar-refractivity contribution in [2.45, 2.75) is 31.6 Å². The van der Waals surface area contributed by atoms with E-state index >= 15 is 0 Å². The lowest BCUT2D eigenvalue weighted by Gasteiger charge is -2.04. The van der Waals surface area contributed by atoms with Gasteiger partial charge in [0.2, 0.25) is 11.8 Å². The SMILES string of the molecule is Cc1ccc(Cc2nnc(NC(=O)CCS(=O)(=O)c3ccc(C)cc3)o2)cc1. The van der Waals surface area contributed by atoms with Gasteiger partial charge in [0.15, 0.2) is 9.84 Å². The zero-order valence-corrected chi connectivity index (χ0v) is 16.5. The summed E-state index contributed by atoms with van der Waals surface area (Å²) in [4.78, 5) is 12.2. The topological polar surface area (TPSA) is 102 Å². The lowest BCUT2D eigenvalue weighted by atomic mass is 10.1. The Hall–Kier alpha value is -3.00. The largest absolute Gasteiger partial charge is 0.407 e. The standard InChI is InChI=1S/C20H21N3O4S/c1-14-3-7-16(8-4-14)13-19-22-23-20(27-19)21-18(24)11-12-28(25,26)17-9-5-15(2)6-10-17/h3-10H,11-13H2,1-2H3,(H,21,23,24). The van der Waals surface area contributed by atoms with Crippen LogP contribution in [0.5, 0.6) is 0 Å². The Morgan fingerprint density at radius 3 is 2.21 bits per heavy atom. The third kappa shape index (κ3) is 5.26. The van der Waals surface area contributed by atoms with Crippen LogP contribution in [0, 0.1) is 13.8 Å². The molecule has 2 aromatic carbocycles. The van der Waals surface area contributed by atoms with Crippen molar-refractivity contribution < 1.29 is 17.6 Å². The maximum atomic E-state index is 12.3. The molecule has 0 fully saturated rings. The predicted octanol–water partition coefficient (Wildman–Crippen LogP) is 3.08. The van der Waals surface area contributed by atoms with Crippen molar-refractivity contribution in [3.63, 3.8) is 0 Å². The van der Waals surface area contributed by atoms with Crippen molar-refractivity contribution in [1.29, 1.82) is 0 Å². The van der Waals surface area contributed by atoms with Crippen molar-refractivity contribution >= 4 is 21.8 Å². The van der Waals surface area contributed by atoms with Crippen LogP contribution in [-0.4, -0.2) is 30.3 Å². The summed E-state index contributed by atoms with van der Waals surface area (Å²) >= 11 is 0. The molecule has 0 saturated carbocycles. The molecule has 0 aliphatic heterocycles. The van der Waals surface area contributed by atoms with Crippen molar-refractivity contribution in [3.05, 3.63) is 71.1 Å². The van der Waals surface area contributed by atoms with Gasteiger partial charge in [-0.2, -0.15) is 0 Å². The average Bonchev–Trinajstić information content (AvgIpc) is 3.09. The summed E-state index contributed by atoms with van der Waals surface area (Å²) in [5.74, 6) is -0.431. The van der Waals surface area contributed by atoms with E-state index in [-0.39, 0.29) is 23.1 Å². The van der Waals surface area contributed by atoms with Crippen molar-refractivity contribution in [2.75, 3.05) is 11.1 Å². The second-order valence-corrected chi connectivity index (χ2v) is 8.70. The molecule has 1 aromatic heterocycles. The Balaban J connectivity index is 1.54. The number of nitrogens with one attached hydrogen (secondary N) is 1. The van der Waals surface area contributed by atoms with Gasteiger partial charge in [0.1, 0.15) is 0 Å². The van der Waals surface area contributed by atoms with Gasteiger partial charge < -0.3 is 4.42 Å². The minimum atomic E-state index is -3.53. The molecular weight excluding hydrogens is 378 g/mol. The lowest BCUT2D eigenvalue weighted by molar-refractivity contribution is -0.116. The highest BCUT2D eigenvalue weighted by Gasteiger charge is 2.17. The van der Waals surface area contributed by atoms with Crippen LogP contribution in [0.1, 0.15) is 29.0 Å². The zero-order chi connectivity index (χ0) is 20.1. The highest BCUT2D eigenvalue weighted by Crippen LogP contribution is 2.15. The zero-order valence-electron chi connectivity index (χ0n) is 15.7. The van der Waals surface area contributed by atoms with Crippen LogP contribution in [0.15, 0.2) is 57.8 Å². The summed E-state index contributed by atoms with van der Waals surface area (Å²) in [6.45, 7) is 3.88. The van der Waals surface area contributed by atoms with Crippen molar-refractivity contribution in [3.8, 4) is 0 Å². The van der Waals surface area contributed by atoms with E-state index in [0.29, 0.717) is 12.3 Å². The number of aromatic nitrogens is 2. The summed E-state index contributed by atoms with van der Waals surface area (Å²) in [6.07, 6.45) is 0.247. The number of anilines is 1. The fraction of sp³-hybridized carbons (Fsp3) is 0.250. The van der Waals surface area contributed by atoms with Crippen LogP contribution in [0.3, 0.4) is 0 Å². The molecule has 0 radical (unpaired) electrons. The number of rotatable bonds is 7. The third-order valence-corrected chi connectivity index (χ3v) is 5.90. The number of hydrogen-bond donors (Lipinski definition) is 1. The van der Waals surface area contributed by atoms with E-state index in [9.17, 15) is 13.2 Å². The minimum Gasteiger partial charge on any atom is -0.407 e. The second kappa shape index (κ2) is 8.35. The number of sulfone groups is 1. The first-order valence-electron chi connectivity index (χ1n) is 8.79. The molecule has 3 aromatic rings. The van der Waals surface area contributed by atoms with Gasteiger partial charge in [-0.1, -0.05) is 52.6 Å². The summed E-state index contributed by atoms with van der Waals surface area (Å²) in [5, 5.41) is 10.1. The van der Waals surface area contributed by atoms with Gasteiger partial charge in [-0.05, 0) is 31.5 Å². The number of nitrogens with zero attached hydrogens (tertiary/aromatic N) is 2. The van der Waals surface area contributed by atoms with E-state index < -0.39 is 15.7 Å². The molecule has 146 valence electrons. The first kappa shape index (κ1) is 19.8. The summed E-state index contributed by atoms with van der Waals surface area (Å²) in [5.41, 5.74) is 3.13. The maximum Gasteiger partial charge on any atom is 0.322 e. The molecule has 0 aliphatic carbocycles. The quantitative estimate of drug-likeness (QED) is 0.655. The Bertz CT molecular complexity index is 1060. The van der Waals surface area contributed by atoms with Crippen LogP contribution in [0.2, 0.25) is 0 Å². The molecule has 1 N–H and O–H groups in total. The summed E-state index contributed by atoms with van der Waals surface area (Å²) < 4.78 is 30.0. The van der Waals surface area contributed by atoms with E-state index in [1.807, 2.05) is 38.1 Å². The Kier molecular flexibility index (Phi) is 5.89. The fourth-order valence-corrected chi connectivity index (χ4v) is 3.77. The normalized spacial score (nSPS) is 11.4. The molecule has 0 aliphatic rings. The molecular formula is C20H21N3O4S. The van der Waals surface area contributed by atoms with Gasteiger partial charge in [-0.3, -0.25) is 10.1 Å². The molecule has 7 nitrogen and oxygen atoms in total. The number of benzene rings is 2. The van der Waals surface area contributed by atoms with E-state index in [1.165, 1.54) is 12.1 Å². The molecule has 3 rings (SSSR count). The Morgan fingerprint density at radius 1 is 0.964 bits per heavy atom. The number of amides is 1. The van der Waals surface area contributed by atoms with E-state index in [0.717, 1.165) is 16.7 Å². The van der Waals surface area contributed by atoms with Crippen LogP contribution in [0.4, 0.5) is 6.01 Å². The number of carbonyl (C=O) groups is 1. The lowest BCUT2D eigenvalue weighted by Crippen LogP contribution is -2.17. The highest BCUT2D eigenvalue weighted by atomic mass is 32.2. The van der Waals surface area contributed by atoms with E-state index in [4.69, 9.17) is 4.42 Å². The number of aryl methyl sites for hydroxylation is 2. The predicted molar refractivity (Wildman–Crippen MR) is 105 cm³/mol. The van der Waals surface area contributed by atoms with Crippen LogP contribution < -0.4 is 5.32 Å². The molecule has 8 heteroatoms. The first-order chi connectivity index (χ1) is 13.3. The summed E-state index contributed by atoms with van der Waals surface area (Å²) in [6, 6.07) is 14.4. The van der Waals surface area contributed by atoms with Gasteiger partial charge in [-0.25, -0.2) is 8.42 Å². The first-order valence-corrected chi connectivity index (χ1v) is 10.4. The fourth-order valence-electron chi connectivity index (χ4n) is 2.53. The Labute approximate surface area is 163 Å². The molecule has 0 atom stereocenters. The average molecular weight is 399 g/mol. The van der Waals surface area contributed by atoms with Gasteiger partial charge >= 0.3 is 6.01 Å². The molecule has 0 unspecified atom stereocenters. The summed E-state index contributed by atoms with van der Waals surface area (Å²) in [7, 11) is -3.53. The highest BCUT2D eigenvalue weighted by molar-refractivity contribution is 7.91.